The maximum atomic E-state index is 13.9. The van der Waals surface area contributed by atoms with Crippen molar-refractivity contribution in [1.29, 1.82) is 0 Å². The summed E-state index contributed by atoms with van der Waals surface area (Å²) >= 11 is 5.95. The summed E-state index contributed by atoms with van der Waals surface area (Å²) in [7, 11) is 4.18. The Kier molecular flexibility index (Phi) is 5.69. The van der Waals surface area contributed by atoms with Crippen LogP contribution in [0.2, 0.25) is 5.02 Å². The zero-order valence-electron chi connectivity index (χ0n) is 14.8. The number of halogens is 2. The quantitative estimate of drug-likeness (QED) is 0.850. The van der Waals surface area contributed by atoms with Crippen LogP contribution in [0.4, 0.5) is 10.2 Å². The van der Waals surface area contributed by atoms with Gasteiger partial charge in [-0.1, -0.05) is 29.8 Å². The molecule has 26 heavy (non-hydrogen) atoms. The van der Waals surface area contributed by atoms with E-state index < -0.39 is 11.7 Å². The second-order valence-electron chi connectivity index (χ2n) is 6.58. The van der Waals surface area contributed by atoms with Gasteiger partial charge in [-0.05, 0) is 63.2 Å². The maximum Gasteiger partial charge on any atom is 0.261 e. The number of amides is 1. The van der Waals surface area contributed by atoms with Crippen molar-refractivity contribution in [3.05, 3.63) is 64.6 Å². The first-order valence-corrected chi connectivity index (χ1v) is 8.91. The van der Waals surface area contributed by atoms with Gasteiger partial charge in [0, 0.05) is 6.04 Å². The molecule has 1 heterocycles. The highest BCUT2D eigenvalue weighted by Gasteiger charge is 2.19. The molecule has 1 aromatic heterocycles. The molecule has 0 spiro atoms. The smallest absolute Gasteiger partial charge is 0.261 e. The minimum atomic E-state index is -0.657. The second kappa shape index (κ2) is 7.98. The first-order valence-electron chi connectivity index (χ1n) is 8.54. The minimum Gasteiger partial charge on any atom is -0.306 e. The Morgan fingerprint density at radius 3 is 2.69 bits per heavy atom. The van der Waals surface area contributed by atoms with E-state index in [1.807, 2.05) is 12.1 Å². The molecular formula is C20H21ClFN3O. The van der Waals surface area contributed by atoms with Crippen molar-refractivity contribution in [3.8, 4) is 0 Å². The highest BCUT2D eigenvalue weighted by molar-refractivity contribution is 6.34. The highest BCUT2D eigenvalue weighted by atomic mass is 35.5. The van der Waals surface area contributed by atoms with Gasteiger partial charge in [-0.15, -0.1) is 0 Å². The molecule has 2 aromatic rings. The SMILES string of the molecule is CN(C)C1CC=C(c2cccc(NC(=O)c3c(F)cccc3Cl)n2)CC1. The predicted molar refractivity (Wildman–Crippen MR) is 103 cm³/mol. The maximum absolute atomic E-state index is 13.9. The molecule has 1 aromatic carbocycles. The first-order chi connectivity index (χ1) is 12.5. The van der Waals surface area contributed by atoms with E-state index in [-0.39, 0.29) is 10.6 Å². The van der Waals surface area contributed by atoms with E-state index in [0.29, 0.717) is 11.9 Å². The first kappa shape index (κ1) is 18.5. The van der Waals surface area contributed by atoms with Crippen molar-refractivity contribution in [3.63, 3.8) is 0 Å². The fourth-order valence-electron chi connectivity index (χ4n) is 3.10. The average molecular weight is 374 g/mol. The zero-order chi connectivity index (χ0) is 18.7. The number of rotatable bonds is 4. The zero-order valence-corrected chi connectivity index (χ0v) is 15.6. The number of aromatic nitrogens is 1. The lowest BCUT2D eigenvalue weighted by Crippen LogP contribution is -2.29. The number of hydrogen-bond donors (Lipinski definition) is 1. The Morgan fingerprint density at radius 2 is 2.04 bits per heavy atom. The highest BCUT2D eigenvalue weighted by Crippen LogP contribution is 2.28. The molecule has 3 rings (SSSR count). The molecule has 0 fully saturated rings. The fourth-order valence-corrected chi connectivity index (χ4v) is 3.35. The third kappa shape index (κ3) is 4.11. The Bertz CT molecular complexity index is 830. The van der Waals surface area contributed by atoms with Gasteiger partial charge in [0.15, 0.2) is 0 Å². The van der Waals surface area contributed by atoms with Crippen LogP contribution in [0.5, 0.6) is 0 Å². The molecule has 4 nitrogen and oxygen atoms in total. The summed E-state index contributed by atoms with van der Waals surface area (Å²) in [4.78, 5) is 19.1. The van der Waals surface area contributed by atoms with Crippen LogP contribution in [0.1, 0.15) is 35.3 Å². The van der Waals surface area contributed by atoms with Crippen LogP contribution in [0.3, 0.4) is 0 Å². The summed E-state index contributed by atoms with van der Waals surface area (Å²) in [6, 6.07) is 10.1. The van der Waals surface area contributed by atoms with Gasteiger partial charge in [0.2, 0.25) is 0 Å². The van der Waals surface area contributed by atoms with Crippen molar-refractivity contribution < 1.29 is 9.18 Å². The van der Waals surface area contributed by atoms with E-state index in [9.17, 15) is 9.18 Å². The predicted octanol–water partition coefficient (Wildman–Crippen LogP) is 4.62. The third-order valence-electron chi connectivity index (χ3n) is 4.62. The van der Waals surface area contributed by atoms with Crippen LogP contribution in [0.15, 0.2) is 42.5 Å². The largest absolute Gasteiger partial charge is 0.306 e. The van der Waals surface area contributed by atoms with Gasteiger partial charge in [0.05, 0.1) is 16.3 Å². The molecule has 1 N–H and O–H groups in total. The Balaban J connectivity index is 1.77. The number of anilines is 1. The molecule has 136 valence electrons. The van der Waals surface area contributed by atoms with Gasteiger partial charge in [0.25, 0.3) is 5.91 Å². The van der Waals surface area contributed by atoms with E-state index in [4.69, 9.17) is 11.6 Å². The molecule has 1 aliphatic carbocycles. The topological polar surface area (TPSA) is 45.2 Å². The van der Waals surface area contributed by atoms with Crippen LogP contribution >= 0.6 is 11.6 Å². The third-order valence-corrected chi connectivity index (χ3v) is 4.94. The van der Waals surface area contributed by atoms with Gasteiger partial charge in [-0.2, -0.15) is 0 Å². The Hall–Kier alpha value is -2.24. The van der Waals surface area contributed by atoms with Crippen molar-refractivity contribution in [1.82, 2.24) is 9.88 Å². The van der Waals surface area contributed by atoms with Crippen molar-refractivity contribution in [2.24, 2.45) is 0 Å². The van der Waals surface area contributed by atoms with Crippen LogP contribution < -0.4 is 5.32 Å². The monoisotopic (exact) mass is 373 g/mol. The molecule has 0 bridgehead atoms. The van der Waals surface area contributed by atoms with Crippen LogP contribution in [0, 0.1) is 5.82 Å². The molecule has 0 saturated carbocycles. The number of carbonyl (C=O) groups is 1. The minimum absolute atomic E-state index is 0.0726. The van der Waals surface area contributed by atoms with Crippen LogP contribution in [-0.4, -0.2) is 35.9 Å². The van der Waals surface area contributed by atoms with Crippen LogP contribution in [0.25, 0.3) is 5.57 Å². The molecule has 0 saturated heterocycles. The average Bonchev–Trinajstić information content (AvgIpc) is 2.62. The molecule has 6 heteroatoms. The number of carbonyl (C=O) groups excluding carboxylic acids is 1. The molecule has 1 atom stereocenters. The van der Waals surface area contributed by atoms with Gasteiger partial charge in [0.1, 0.15) is 11.6 Å². The Labute approximate surface area is 157 Å². The molecule has 0 radical (unpaired) electrons. The summed E-state index contributed by atoms with van der Waals surface area (Å²) in [6.45, 7) is 0. The van der Waals surface area contributed by atoms with Crippen molar-refractivity contribution in [2.75, 3.05) is 19.4 Å². The van der Waals surface area contributed by atoms with Crippen molar-refractivity contribution in [2.45, 2.75) is 25.3 Å². The van der Waals surface area contributed by atoms with E-state index in [2.05, 4.69) is 35.4 Å². The summed E-state index contributed by atoms with van der Waals surface area (Å²) in [6.07, 6.45) is 5.19. The number of benzene rings is 1. The molecule has 1 aliphatic rings. The van der Waals surface area contributed by atoms with E-state index >= 15 is 0 Å². The van der Waals surface area contributed by atoms with Gasteiger partial charge >= 0.3 is 0 Å². The van der Waals surface area contributed by atoms with E-state index in [1.54, 1.807) is 6.07 Å². The van der Waals surface area contributed by atoms with E-state index in [0.717, 1.165) is 25.0 Å². The molecular weight excluding hydrogens is 353 g/mol. The van der Waals surface area contributed by atoms with Crippen LogP contribution in [-0.2, 0) is 0 Å². The molecule has 1 unspecified atom stereocenters. The molecule has 1 amide bonds. The lowest BCUT2D eigenvalue weighted by molar-refractivity contribution is 0.102. The molecule has 0 aliphatic heterocycles. The van der Waals surface area contributed by atoms with E-state index in [1.165, 1.54) is 23.8 Å². The summed E-state index contributed by atoms with van der Waals surface area (Å²) < 4.78 is 13.9. The van der Waals surface area contributed by atoms with Gasteiger partial charge in [-0.25, -0.2) is 9.37 Å². The second-order valence-corrected chi connectivity index (χ2v) is 6.99. The summed E-state index contributed by atoms with van der Waals surface area (Å²) in [5.41, 5.74) is 1.83. The number of pyridine rings is 1. The van der Waals surface area contributed by atoms with Gasteiger partial charge in [-0.3, -0.25) is 4.79 Å². The Morgan fingerprint density at radius 1 is 1.27 bits per heavy atom. The number of hydrogen-bond acceptors (Lipinski definition) is 3. The number of nitrogens with zero attached hydrogens (tertiary/aromatic N) is 2. The number of allylic oxidation sites excluding steroid dienone is 1. The lowest BCUT2D eigenvalue weighted by atomic mass is 9.92. The normalized spacial score (nSPS) is 17.1. The van der Waals surface area contributed by atoms with Gasteiger partial charge < -0.3 is 10.2 Å². The fraction of sp³-hybridized carbons (Fsp3) is 0.300. The van der Waals surface area contributed by atoms with Crippen molar-refractivity contribution >= 4 is 28.9 Å². The summed E-state index contributed by atoms with van der Waals surface area (Å²) in [5.74, 6) is -0.888. The lowest BCUT2D eigenvalue weighted by Gasteiger charge is -2.27. The summed E-state index contributed by atoms with van der Waals surface area (Å²) in [5, 5.41) is 2.71. The standard InChI is InChI=1S/C20H21ClFN3O/c1-25(2)14-11-9-13(10-12-14)17-7-4-8-18(23-17)24-20(26)19-15(21)5-3-6-16(19)22/h3-9,14H,10-12H2,1-2H3,(H,23,24,26). The number of nitrogens with one attached hydrogen (secondary N) is 1.